The number of aryl methyl sites for hydroxylation is 1. The van der Waals surface area contributed by atoms with Gasteiger partial charge in [-0.25, -0.2) is 4.98 Å². The summed E-state index contributed by atoms with van der Waals surface area (Å²) in [5, 5.41) is 13.0. The predicted molar refractivity (Wildman–Crippen MR) is 127 cm³/mol. The van der Waals surface area contributed by atoms with Crippen molar-refractivity contribution < 1.29 is 22.1 Å². The van der Waals surface area contributed by atoms with Gasteiger partial charge in [-0.05, 0) is 59.1 Å². The normalized spacial score (nSPS) is 19.4. The molecule has 0 unspecified atom stereocenters. The third-order valence-electron chi connectivity index (χ3n) is 6.52. The summed E-state index contributed by atoms with van der Waals surface area (Å²) in [6, 6.07) is 0.0124. The van der Waals surface area contributed by atoms with Gasteiger partial charge in [0.25, 0.3) is 0 Å². The summed E-state index contributed by atoms with van der Waals surface area (Å²) in [6.45, 7) is 1.04. The number of alkyl halides is 3. The third-order valence-corrected chi connectivity index (χ3v) is 6.52. The molecule has 1 amide bonds. The van der Waals surface area contributed by atoms with Gasteiger partial charge in [-0.3, -0.25) is 9.48 Å². The fourth-order valence-electron chi connectivity index (χ4n) is 4.15. The lowest BCUT2D eigenvalue weighted by Crippen LogP contribution is -2.35. The largest absolute Gasteiger partial charge is 0.421 e. The molecule has 2 aliphatic rings. The van der Waals surface area contributed by atoms with Crippen molar-refractivity contribution in [3.63, 3.8) is 0 Å². The topological polar surface area (TPSA) is 100 Å². The zero-order valence-corrected chi connectivity index (χ0v) is 19.7. The van der Waals surface area contributed by atoms with Gasteiger partial charge >= 0.3 is 6.18 Å². The van der Waals surface area contributed by atoms with Crippen molar-refractivity contribution in [2.24, 2.45) is 5.92 Å². The molecule has 0 aromatic carbocycles. The van der Waals surface area contributed by atoms with Crippen LogP contribution in [0.3, 0.4) is 0 Å². The lowest BCUT2D eigenvalue weighted by atomic mass is 9.85. The minimum absolute atomic E-state index is 0.000464. The van der Waals surface area contributed by atoms with Crippen molar-refractivity contribution in [2.45, 2.75) is 57.7 Å². The van der Waals surface area contributed by atoms with Crippen molar-refractivity contribution in [1.82, 2.24) is 30.0 Å². The van der Waals surface area contributed by atoms with Gasteiger partial charge in [-0.15, -0.1) is 0 Å². The van der Waals surface area contributed by atoms with E-state index in [0.29, 0.717) is 50.3 Å². The summed E-state index contributed by atoms with van der Waals surface area (Å²) < 4.78 is 65.1. The van der Waals surface area contributed by atoms with Crippen LogP contribution in [0.15, 0.2) is 12.4 Å². The van der Waals surface area contributed by atoms with Crippen molar-refractivity contribution in [1.29, 1.82) is 0 Å². The SMILES string of the molecule is [2H]C([2H])([2H])N1CCC(n2cc(Nc3ncc(C(F)(F)F)c(NCCCNC(=O)C4CCC4)n3)c(C)n2)CC1. The second-order valence-corrected chi connectivity index (χ2v) is 9.10. The minimum atomic E-state index is -4.64. The highest BCUT2D eigenvalue weighted by Crippen LogP contribution is 2.34. The van der Waals surface area contributed by atoms with E-state index >= 15 is 0 Å². The summed E-state index contributed by atoms with van der Waals surface area (Å²) in [5.74, 6) is -0.300. The van der Waals surface area contributed by atoms with Gasteiger partial charge in [0.1, 0.15) is 11.4 Å². The molecular formula is C23H33F3N8O. The number of carbonyl (C=O) groups excluding carboxylic acids is 1. The molecule has 0 atom stereocenters. The van der Waals surface area contributed by atoms with Crippen LogP contribution in [0, 0.1) is 12.8 Å². The molecule has 12 heteroatoms. The van der Waals surface area contributed by atoms with Gasteiger partial charge in [0, 0.05) is 35.5 Å². The predicted octanol–water partition coefficient (Wildman–Crippen LogP) is 3.73. The van der Waals surface area contributed by atoms with Gasteiger partial charge in [0.15, 0.2) is 0 Å². The molecule has 0 radical (unpaired) electrons. The van der Waals surface area contributed by atoms with Gasteiger partial charge in [-0.2, -0.15) is 23.3 Å². The molecule has 3 N–H and O–H groups in total. The highest BCUT2D eigenvalue weighted by atomic mass is 19.4. The zero-order chi connectivity index (χ0) is 27.5. The quantitative estimate of drug-likeness (QED) is 0.454. The standard InChI is InChI=1S/C23H33F3N8O/c1-15-19(14-34(32-15)17-7-11-33(2)12-8-17)30-22-29-13-18(23(24,25)26)20(31-22)27-9-4-10-28-21(35)16-5-3-6-16/h13-14,16-17H,3-12H2,1-2H3,(H,28,35)(H2,27,29,30,31)/i2D3. The van der Waals surface area contributed by atoms with E-state index < -0.39 is 18.7 Å². The smallest absolute Gasteiger partial charge is 0.369 e. The van der Waals surface area contributed by atoms with Crippen LogP contribution in [-0.2, 0) is 11.0 Å². The molecule has 0 spiro atoms. The molecule has 1 aliphatic carbocycles. The van der Waals surface area contributed by atoms with E-state index in [0.717, 1.165) is 25.5 Å². The summed E-state index contributed by atoms with van der Waals surface area (Å²) in [6.07, 6.45) is 2.34. The second-order valence-electron chi connectivity index (χ2n) is 9.10. The Balaban J connectivity index is 1.37. The maximum atomic E-state index is 13.5. The van der Waals surface area contributed by atoms with Crippen LogP contribution in [0.1, 0.15) is 59.9 Å². The second kappa shape index (κ2) is 10.8. The maximum Gasteiger partial charge on any atom is 0.421 e. The number of nitrogens with one attached hydrogen (secondary N) is 3. The molecule has 1 saturated carbocycles. The van der Waals surface area contributed by atoms with Gasteiger partial charge in [0.05, 0.1) is 17.4 Å². The fraction of sp³-hybridized carbons (Fsp3) is 0.652. The van der Waals surface area contributed by atoms with Crippen LogP contribution in [0.5, 0.6) is 0 Å². The number of aromatic nitrogens is 4. The summed E-state index contributed by atoms with van der Waals surface area (Å²) in [4.78, 5) is 21.3. The number of nitrogens with zero attached hydrogens (tertiary/aromatic N) is 5. The van der Waals surface area contributed by atoms with Crippen molar-refractivity contribution >= 4 is 23.4 Å². The molecule has 0 bridgehead atoms. The lowest BCUT2D eigenvalue weighted by Gasteiger charge is -2.28. The molecule has 2 aromatic heterocycles. The molecular weight excluding hydrogens is 461 g/mol. The summed E-state index contributed by atoms with van der Waals surface area (Å²) >= 11 is 0. The van der Waals surface area contributed by atoms with E-state index in [-0.39, 0.29) is 36.2 Å². The van der Waals surface area contributed by atoms with Gasteiger partial charge < -0.3 is 20.9 Å². The Morgan fingerprint density at radius 2 is 2.00 bits per heavy atom. The number of piperidine rings is 1. The lowest BCUT2D eigenvalue weighted by molar-refractivity contribution is -0.137. The first-order valence-electron chi connectivity index (χ1n) is 13.5. The number of rotatable bonds is 9. The van der Waals surface area contributed by atoms with Gasteiger partial charge in [0.2, 0.25) is 11.9 Å². The van der Waals surface area contributed by atoms with E-state index in [1.165, 1.54) is 4.90 Å². The number of carbonyl (C=O) groups is 1. The van der Waals surface area contributed by atoms with E-state index in [1.807, 2.05) is 0 Å². The van der Waals surface area contributed by atoms with Crippen LogP contribution in [0.25, 0.3) is 0 Å². The maximum absolute atomic E-state index is 13.5. The average molecular weight is 498 g/mol. The monoisotopic (exact) mass is 497 g/mol. The molecule has 192 valence electrons. The molecule has 35 heavy (non-hydrogen) atoms. The molecule has 9 nitrogen and oxygen atoms in total. The number of likely N-dealkylation sites (tertiary alicyclic amines) is 1. The number of amides is 1. The van der Waals surface area contributed by atoms with E-state index in [1.54, 1.807) is 17.8 Å². The highest BCUT2D eigenvalue weighted by molar-refractivity contribution is 5.79. The van der Waals surface area contributed by atoms with Crippen LogP contribution in [0.4, 0.5) is 30.6 Å². The first-order chi connectivity index (χ1) is 17.9. The van der Waals surface area contributed by atoms with E-state index in [9.17, 15) is 18.0 Å². The highest BCUT2D eigenvalue weighted by Gasteiger charge is 2.35. The number of halogens is 3. The number of anilines is 3. The number of hydrogen-bond donors (Lipinski definition) is 3. The van der Waals surface area contributed by atoms with Crippen LogP contribution in [-0.4, -0.2) is 63.7 Å². The molecule has 2 fully saturated rings. The van der Waals surface area contributed by atoms with Crippen molar-refractivity contribution in [3.8, 4) is 0 Å². The van der Waals surface area contributed by atoms with E-state index in [4.69, 9.17) is 4.11 Å². The Labute approximate surface area is 207 Å². The molecule has 4 rings (SSSR count). The van der Waals surface area contributed by atoms with E-state index in [2.05, 4.69) is 31.0 Å². The van der Waals surface area contributed by atoms with Crippen molar-refractivity contribution in [2.75, 3.05) is 43.8 Å². The Morgan fingerprint density at radius 3 is 2.66 bits per heavy atom. The van der Waals surface area contributed by atoms with Crippen LogP contribution in [0.2, 0.25) is 0 Å². The molecule has 2 aromatic rings. The first kappa shape index (κ1) is 21.4. The Bertz CT molecular complexity index is 1110. The van der Waals surface area contributed by atoms with Crippen LogP contribution >= 0.6 is 0 Å². The fourth-order valence-corrected chi connectivity index (χ4v) is 4.15. The third kappa shape index (κ3) is 6.41. The molecule has 1 aliphatic heterocycles. The summed E-state index contributed by atoms with van der Waals surface area (Å²) in [5.41, 5.74) is 0.186. The summed E-state index contributed by atoms with van der Waals surface area (Å²) in [7, 11) is 0. The first-order valence-corrected chi connectivity index (χ1v) is 12.0. The minimum Gasteiger partial charge on any atom is -0.369 e. The Kier molecular flexibility index (Phi) is 6.60. The Hall–Kier alpha value is -2.89. The Morgan fingerprint density at radius 1 is 1.23 bits per heavy atom. The molecule has 1 saturated heterocycles. The zero-order valence-electron chi connectivity index (χ0n) is 22.7. The average Bonchev–Trinajstić information content (AvgIpc) is 3.16. The van der Waals surface area contributed by atoms with Gasteiger partial charge in [-0.1, -0.05) is 6.42 Å². The molecule has 3 heterocycles. The van der Waals surface area contributed by atoms with Crippen LogP contribution < -0.4 is 16.0 Å². The number of hydrogen-bond acceptors (Lipinski definition) is 7. The van der Waals surface area contributed by atoms with Crippen molar-refractivity contribution in [3.05, 3.63) is 23.7 Å².